The van der Waals surface area contributed by atoms with E-state index in [9.17, 15) is 13.2 Å². The van der Waals surface area contributed by atoms with Crippen molar-refractivity contribution in [1.29, 1.82) is 0 Å². The van der Waals surface area contributed by atoms with Crippen molar-refractivity contribution in [2.45, 2.75) is 0 Å². The molecule has 240 valence electrons. The third kappa shape index (κ3) is 4.48. The summed E-state index contributed by atoms with van der Waals surface area (Å²) in [5, 5.41) is 6.61. The van der Waals surface area contributed by atoms with Gasteiger partial charge in [-0.05, 0) is 106 Å². The molecule has 0 aliphatic heterocycles. The highest BCUT2D eigenvalue weighted by Crippen LogP contribution is 2.58. The Kier molecular flexibility index (Phi) is 6.53. The second-order valence-corrected chi connectivity index (χ2v) is 13.2. The van der Waals surface area contributed by atoms with Gasteiger partial charge in [-0.15, -0.1) is 0 Å². The van der Waals surface area contributed by atoms with Crippen molar-refractivity contribution in [2.24, 2.45) is 0 Å². The van der Waals surface area contributed by atoms with Crippen molar-refractivity contribution in [3.63, 3.8) is 0 Å². The lowest BCUT2D eigenvalue weighted by Gasteiger charge is -2.20. The first-order chi connectivity index (χ1) is 25.0. The molecule has 1 aliphatic carbocycles. The molecule has 0 fully saturated rings. The van der Waals surface area contributed by atoms with Crippen molar-refractivity contribution in [3.05, 3.63) is 181 Å². The highest BCUT2D eigenvalue weighted by Gasteiger charge is 2.31. The van der Waals surface area contributed by atoms with E-state index < -0.39 is 17.5 Å². The van der Waals surface area contributed by atoms with E-state index in [4.69, 9.17) is 0 Å². The van der Waals surface area contributed by atoms with Crippen LogP contribution >= 0.6 is 0 Å². The van der Waals surface area contributed by atoms with E-state index in [0.29, 0.717) is 17.7 Å². The average molecular weight is 661 g/mol. The molecule has 0 saturated carbocycles. The molecule has 3 heteroatoms. The summed E-state index contributed by atoms with van der Waals surface area (Å²) < 4.78 is 42.9. The molecule has 9 aromatic rings. The predicted molar refractivity (Wildman–Crippen MR) is 205 cm³/mol. The van der Waals surface area contributed by atoms with Gasteiger partial charge in [0.2, 0.25) is 0 Å². The van der Waals surface area contributed by atoms with Gasteiger partial charge in [-0.25, -0.2) is 13.2 Å². The molecule has 0 amide bonds. The largest absolute Gasteiger partial charge is 0.207 e. The van der Waals surface area contributed by atoms with Gasteiger partial charge in [0.15, 0.2) is 0 Å². The maximum Gasteiger partial charge on any atom is 0.136 e. The minimum absolute atomic E-state index is 0.230. The molecular formula is C48H27F3. The molecule has 0 heterocycles. The number of hydrogen-bond donors (Lipinski definition) is 0. The molecule has 0 unspecified atom stereocenters. The fourth-order valence-corrected chi connectivity index (χ4v) is 8.25. The summed E-state index contributed by atoms with van der Waals surface area (Å²) in [5.74, 6) is -2.78. The van der Waals surface area contributed by atoms with Gasteiger partial charge in [0.25, 0.3) is 0 Å². The molecule has 0 bridgehead atoms. The molecule has 1 aliphatic rings. The molecular weight excluding hydrogens is 634 g/mol. The van der Waals surface area contributed by atoms with Gasteiger partial charge in [0, 0.05) is 12.1 Å². The van der Waals surface area contributed by atoms with Crippen LogP contribution in [0.25, 0.3) is 99.1 Å². The van der Waals surface area contributed by atoms with E-state index in [1.807, 2.05) is 12.1 Å². The maximum atomic E-state index is 14.6. The van der Waals surface area contributed by atoms with E-state index in [-0.39, 0.29) is 5.56 Å². The van der Waals surface area contributed by atoms with Gasteiger partial charge in [-0.3, -0.25) is 0 Å². The maximum absolute atomic E-state index is 14.6. The number of rotatable bonds is 4. The quantitative estimate of drug-likeness (QED) is 0.176. The SMILES string of the molecule is Fc1cc(F)c(-c2ccc3cc(-c4ccc5c6c(cccc46)-c4c-5c(-c5ccccc5)c5ccccc5c4-c4ccccc4)ccc3c2)c(F)c1. The van der Waals surface area contributed by atoms with Crippen LogP contribution in [0.2, 0.25) is 0 Å². The molecule has 51 heavy (non-hydrogen) atoms. The van der Waals surface area contributed by atoms with Crippen LogP contribution in [0.1, 0.15) is 0 Å². The molecule has 10 rings (SSSR count). The van der Waals surface area contributed by atoms with Gasteiger partial charge < -0.3 is 0 Å². The highest BCUT2D eigenvalue weighted by atomic mass is 19.1. The Labute approximate surface area is 292 Å². The predicted octanol–water partition coefficient (Wildman–Crippen LogP) is 13.9. The Morgan fingerprint density at radius 2 is 0.784 bits per heavy atom. The van der Waals surface area contributed by atoms with Crippen molar-refractivity contribution in [3.8, 4) is 66.8 Å². The molecule has 0 atom stereocenters. The van der Waals surface area contributed by atoms with Crippen molar-refractivity contribution in [1.82, 2.24) is 0 Å². The molecule has 0 N–H and O–H groups in total. The number of halogens is 3. The Bertz CT molecular complexity index is 2760. The zero-order valence-corrected chi connectivity index (χ0v) is 27.2. The van der Waals surface area contributed by atoms with Crippen molar-refractivity contribution >= 4 is 32.3 Å². The van der Waals surface area contributed by atoms with E-state index in [2.05, 4.69) is 127 Å². The minimum Gasteiger partial charge on any atom is -0.207 e. The first kappa shape index (κ1) is 29.5. The van der Waals surface area contributed by atoms with Gasteiger partial charge in [0.05, 0.1) is 5.56 Å². The van der Waals surface area contributed by atoms with Crippen molar-refractivity contribution in [2.75, 3.05) is 0 Å². The lowest BCUT2D eigenvalue weighted by atomic mass is 9.82. The van der Waals surface area contributed by atoms with Crippen LogP contribution in [-0.4, -0.2) is 0 Å². The fourth-order valence-electron chi connectivity index (χ4n) is 8.25. The van der Waals surface area contributed by atoms with Crippen LogP contribution < -0.4 is 0 Å². The van der Waals surface area contributed by atoms with E-state index in [1.54, 1.807) is 12.1 Å². The molecule has 0 radical (unpaired) electrons. The molecule has 0 nitrogen and oxygen atoms in total. The first-order valence-corrected chi connectivity index (χ1v) is 17.0. The Morgan fingerprint density at radius 3 is 1.39 bits per heavy atom. The van der Waals surface area contributed by atoms with Crippen molar-refractivity contribution < 1.29 is 13.2 Å². The molecule has 0 aromatic heterocycles. The third-order valence-electron chi connectivity index (χ3n) is 10.4. The standard InChI is InChI=1S/C48H27F3/c49-34-26-41(50)45(42(51)27-34)33-21-19-30-24-32(20-18-31(30)25-33)35-22-23-40-46-36(35)16-9-17-39(46)47-43(28-10-3-1-4-11-28)37-14-7-8-15-38(37)44(48(40)47)29-12-5-2-6-13-29/h1-27H. The summed E-state index contributed by atoms with van der Waals surface area (Å²) in [4.78, 5) is 0. The smallest absolute Gasteiger partial charge is 0.136 e. The van der Waals surface area contributed by atoms with Gasteiger partial charge in [-0.2, -0.15) is 0 Å². The number of hydrogen-bond acceptors (Lipinski definition) is 0. The van der Waals surface area contributed by atoms with Crippen LogP contribution in [0.3, 0.4) is 0 Å². The first-order valence-electron chi connectivity index (χ1n) is 17.0. The zero-order chi connectivity index (χ0) is 34.2. The summed E-state index contributed by atoms with van der Waals surface area (Å²) in [6, 6.07) is 54.2. The normalized spacial score (nSPS) is 11.8. The second kappa shape index (κ2) is 11.3. The zero-order valence-electron chi connectivity index (χ0n) is 27.2. The average Bonchev–Trinajstić information content (AvgIpc) is 3.49. The third-order valence-corrected chi connectivity index (χ3v) is 10.4. The summed E-state index contributed by atoms with van der Waals surface area (Å²) in [6.07, 6.45) is 0. The van der Waals surface area contributed by atoms with Crippen LogP contribution in [-0.2, 0) is 0 Å². The number of fused-ring (bicyclic) bond motifs is 5. The van der Waals surface area contributed by atoms with Crippen LogP contribution in [0, 0.1) is 17.5 Å². The summed E-state index contributed by atoms with van der Waals surface area (Å²) >= 11 is 0. The van der Waals surface area contributed by atoms with Gasteiger partial charge in [-0.1, -0.05) is 140 Å². The van der Waals surface area contributed by atoms with Crippen LogP contribution in [0.4, 0.5) is 13.2 Å². The minimum atomic E-state index is -0.937. The summed E-state index contributed by atoms with van der Waals surface area (Å²) in [6.45, 7) is 0. The molecule has 0 saturated heterocycles. The second-order valence-electron chi connectivity index (χ2n) is 13.2. The topological polar surface area (TPSA) is 0 Å². The Morgan fingerprint density at radius 1 is 0.294 bits per heavy atom. The lowest BCUT2D eigenvalue weighted by Crippen LogP contribution is -1.93. The van der Waals surface area contributed by atoms with Gasteiger partial charge in [0.1, 0.15) is 17.5 Å². The van der Waals surface area contributed by atoms with E-state index in [0.717, 1.165) is 27.3 Å². The number of benzene rings is 9. The monoisotopic (exact) mass is 660 g/mol. The lowest BCUT2D eigenvalue weighted by molar-refractivity contribution is 0.548. The van der Waals surface area contributed by atoms with Crippen LogP contribution in [0.15, 0.2) is 164 Å². The molecule has 9 aromatic carbocycles. The molecule has 0 spiro atoms. The highest BCUT2D eigenvalue weighted by molar-refractivity contribution is 6.28. The van der Waals surface area contributed by atoms with E-state index >= 15 is 0 Å². The fraction of sp³-hybridized carbons (Fsp3) is 0. The van der Waals surface area contributed by atoms with Crippen LogP contribution in [0.5, 0.6) is 0 Å². The van der Waals surface area contributed by atoms with Gasteiger partial charge >= 0.3 is 0 Å². The Hall–Kier alpha value is -6.45. The Balaban J connectivity index is 1.21. The summed E-state index contributed by atoms with van der Waals surface area (Å²) in [5.41, 5.74) is 12.1. The summed E-state index contributed by atoms with van der Waals surface area (Å²) in [7, 11) is 0. The van der Waals surface area contributed by atoms with E-state index in [1.165, 1.54) is 60.7 Å².